The largest absolute Gasteiger partial charge is 0.350 e. The zero-order chi connectivity index (χ0) is 17.5. The van der Waals surface area contributed by atoms with Crippen molar-refractivity contribution in [1.82, 2.24) is 9.97 Å². The number of benzene rings is 1. The van der Waals surface area contributed by atoms with E-state index in [-0.39, 0.29) is 5.54 Å². The number of nitrogens with zero attached hydrogens (tertiary/aromatic N) is 2. The second-order valence-corrected chi connectivity index (χ2v) is 8.05. The fourth-order valence-corrected chi connectivity index (χ4v) is 2.81. The van der Waals surface area contributed by atoms with Gasteiger partial charge in [0.2, 0.25) is 5.95 Å². The SMILES string of the molecule is Cc1ccc(Cl)c(C)c1Nc1cc(C2CC2)nc(NC(C)(C)C)n1. The summed E-state index contributed by atoms with van der Waals surface area (Å²) in [6, 6.07) is 6.01. The van der Waals surface area contributed by atoms with Crippen LogP contribution < -0.4 is 10.6 Å². The van der Waals surface area contributed by atoms with Crippen molar-refractivity contribution in [2.75, 3.05) is 10.6 Å². The molecule has 1 aliphatic rings. The number of hydrogen-bond acceptors (Lipinski definition) is 4. The molecule has 1 aromatic carbocycles. The van der Waals surface area contributed by atoms with Gasteiger partial charge in [0.15, 0.2) is 0 Å². The molecule has 128 valence electrons. The number of anilines is 3. The highest BCUT2D eigenvalue weighted by atomic mass is 35.5. The van der Waals surface area contributed by atoms with Gasteiger partial charge < -0.3 is 10.6 Å². The van der Waals surface area contributed by atoms with Crippen LogP contribution in [0, 0.1) is 13.8 Å². The molecule has 1 heterocycles. The van der Waals surface area contributed by atoms with Gasteiger partial charge in [-0.3, -0.25) is 0 Å². The average Bonchev–Trinajstić information content (AvgIpc) is 3.30. The second-order valence-electron chi connectivity index (χ2n) is 7.64. The summed E-state index contributed by atoms with van der Waals surface area (Å²) < 4.78 is 0. The number of nitrogens with one attached hydrogen (secondary N) is 2. The number of aromatic nitrogens is 2. The number of aryl methyl sites for hydroxylation is 1. The van der Waals surface area contributed by atoms with E-state index in [1.54, 1.807) is 0 Å². The van der Waals surface area contributed by atoms with Crippen molar-refractivity contribution in [2.45, 2.75) is 58.9 Å². The summed E-state index contributed by atoms with van der Waals surface area (Å²) in [6.07, 6.45) is 2.42. The lowest BCUT2D eigenvalue weighted by molar-refractivity contribution is 0.625. The Kier molecular flexibility index (Phi) is 4.43. The minimum atomic E-state index is -0.0820. The van der Waals surface area contributed by atoms with E-state index in [2.05, 4.69) is 49.4 Å². The lowest BCUT2D eigenvalue weighted by Crippen LogP contribution is -2.27. The second kappa shape index (κ2) is 6.25. The zero-order valence-corrected chi connectivity index (χ0v) is 15.8. The first-order valence-corrected chi connectivity index (χ1v) is 8.80. The Morgan fingerprint density at radius 2 is 1.83 bits per heavy atom. The first-order chi connectivity index (χ1) is 11.2. The zero-order valence-electron chi connectivity index (χ0n) is 15.0. The Bertz CT molecular complexity index is 761. The predicted octanol–water partition coefficient (Wildman–Crippen LogP) is 5.58. The van der Waals surface area contributed by atoms with Crippen LogP contribution in [0.4, 0.5) is 17.5 Å². The molecule has 1 saturated carbocycles. The molecule has 5 heteroatoms. The molecule has 3 rings (SSSR count). The highest BCUT2D eigenvalue weighted by Crippen LogP contribution is 2.40. The Hall–Kier alpha value is -1.81. The Balaban J connectivity index is 1.97. The van der Waals surface area contributed by atoms with E-state index in [9.17, 15) is 0 Å². The smallest absolute Gasteiger partial charge is 0.225 e. The first kappa shape index (κ1) is 17.0. The normalized spacial score (nSPS) is 14.6. The summed E-state index contributed by atoms with van der Waals surface area (Å²) in [5, 5.41) is 7.59. The number of rotatable bonds is 4. The van der Waals surface area contributed by atoms with E-state index >= 15 is 0 Å². The first-order valence-electron chi connectivity index (χ1n) is 8.43. The summed E-state index contributed by atoms with van der Waals surface area (Å²) in [5.74, 6) is 2.05. The fraction of sp³-hybridized carbons (Fsp3) is 0.474. The van der Waals surface area contributed by atoms with E-state index in [0.717, 1.165) is 33.3 Å². The van der Waals surface area contributed by atoms with Gasteiger partial charge in [0.05, 0.1) is 5.69 Å². The van der Waals surface area contributed by atoms with Gasteiger partial charge in [0.25, 0.3) is 0 Å². The van der Waals surface area contributed by atoms with Crippen LogP contribution in [-0.4, -0.2) is 15.5 Å². The molecule has 2 N–H and O–H groups in total. The third-order valence-electron chi connectivity index (χ3n) is 4.09. The molecule has 1 aromatic heterocycles. The standard InChI is InChI=1S/C19H25ClN4/c1-11-6-9-14(20)12(2)17(11)22-16-10-15(13-7-8-13)21-18(23-16)24-19(3,4)5/h6,9-10,13H,7-8H2,1-5H3,(H2,21,22,23,24). The van der Waals surface area contributed by atoms with Gasteiger partial charge in [-0.2, -0.15) is 4.98 Å². The van der Waals surface area contributed by atoms with Crippen LogP contribution in [0.1, 0.15) is 56.4 Å². The highest BCUT2D eigenvalue weighted by Gasteiger charge is 2.27. The van der Waals surface area contributed by atoms with Gasteiger partial charge in [0, 0.05) is 28.2 Å². The average molecular weight is 345 g/mol. The van der Waals surface area contributed by atoms with Crippen molar-refractivity contribution in [1.29, 1.82) is 0 Å². The third kappa shape index (κ3) is 3.99. The Labute approximate surface area is 149 Å². The highest BCUT2D eigenvalue weighted by molar-refractivity contribution is 6.31. The maximum Gasteiger partial charge on any atom is 0.225 e. The lowest BCUT2D eigenvalue weighted by atomic mass is 10.1. The molecule has 4 nitrogen and oxygen atoms in total. The van der Waals surface area contributed by atoms with E-state index < -0.39 is 0 Å². The van der Waals surface area contributed by atoms with Crippen molar-refractivity contribution in [3.63, 3.8) is 0 Å². The third-order valence-corrected chi connectivity index (χ3v) is 4.50. The summed E-state index contributed by atoms with van der Waals surface area (Å²) in [4.78, 5) is 9.36. The molecule has 24 heavy (non-hydrogen) atoms. The van der Waals surface area contributed by atoms with Crippen molar-refractivity contribution < 1.29 is 0 Å². The molecule has 0 bridgehead atoms. The molecular weight excluding hydrogens is 320 g/mol. The van der Waals surface area contributed by atoms with Crippen LogP contribution >= 0.6 is 11.6 Å². The van der Waals surface area contributed by atoms with Gasteiger partial charge >= 0.3 is 0 Å². The van der Waals surface area contributed by atoms with Gasteiger partial charge in [-0.1, -0.05) is 17.7 Å². The molecule has 0 radical (unpaired) electrons. The van der Waals surface area contributed by atoms with Crippen molar-refractivity contribution in [2.24, 2.45) is 0 Å². The van der Waals surface area contributed by atoms with Crippen molar-refractivity contribution >= 4 is 29.1 Å². The van der Waals surface area contributed by atoms with Gasteiger partial charge in [-0.25, -0.2) is 4.98 Å². The quantitative estimate of drug-likeness (QED) is 0.760. The molecule has 0 unspecified atom stereocenters. The van der Waals surface area contributed by atoms with E-state index in [1.165, 1.54) is 12.8 Å². The predicted molar refractivity (Wildman–Crippen MR) is 102 cm³/mol. The van der Waals surface area contributed by atoms with Crippen LogP contribution in [0.15, 0.2) is 18.2 Å². The maximum atomic E-state index is 6.28. The molecule has 0 amide bonds. The van der Waals surface area contributed by atoms with Crippen molar-refractivity contribution in [3.8, 4) is 0 Å². The Morgan fingerprint density at radius 3 is 2.46 bits per heavy atom. The Morgan fingerprint density at radius 1 is 1.12 bits per heavy atom. The molecule has 1 fully saturated rings. The number of hydrogen-bond donors (Lipinski definition) is 2. The van der Waals surface area contributed by atoms with E-state index in [1.807, 2.05) is 19.1 Å². The van der Waals surface area contributed by atoms with Crippen molar-refractivity contribution in [3.05, 3.63) is 40.0 Å². The van der Waals surface area contributed by atoms with Crippen LogP contribution in [0.5, 0.6) is 0 Å². The molecule has 2 aromatic rings. The molecule has 1 aliphatic carbocycles. The molecule has 0 saturated heterocycles. The van der Waals surface area contributed by atoms with E-state index in [4.69, 9.17) is 16.6 Å². The van der Waals surface area contributed by atoms with E-state index in [0.29, 0.717) is 11.9 Å². The maximum absolute atomic E-state index is 6.28. The number of halogens is 1. The molecule has 0 spiro atoms. The van der Waals surface area contributed by atoms with Gasteiger partial charge in [-0.05, 0) is 64.7 Å². The summed E-state index contributed by atoms with van der Waals surface area (Å²) >= 11 is 6.28. The molecule has 0 aliphatic heterocycles. The van der Waals surface area contributed by atoms with Crippen LogP contribution in [0.25, 0.3) is 0 Å². The summed E-state index contributed by atoms with van der Waals surface area (Å²) in [6.45, 7) is 10.4. The van der Waals surface area contributed by atoms with Gasteiger partial charge in [-0.15, -0.1) is 0 Å². The fourth-order valence-electron chi connectivity index (χ4n) is 2.65. The van der Waals surface area contributed by atoms with Crippen LogP contribution in [0.3, 0.4) is 0 Å². The summed E-state index contributed by atoms with van der Waals surface area (Å²) in [5.41, 5.74) is 4.23. The topological polar surface area (TPSA) is 49.8 Å². The van der Waals surface area contributed by atoms with Crippen LogP contribution in [0.2, 0.25) is 5.02 Å². The molecule has 0 atom stereocenters. The summed E-state index contributed by atoms with van der Waals surface area (Å²) in [7, 11) is 0. The minimum Gasteiger partial charge on any atom is -0.350 e. The minimum absolute atomic E-state index is 0.0820. The monoisotopic (exact) mass is 344 g/mol. The lowest BCUT2D eigenvalue weighted by Gasteiger charge is -2.22. The molecular formula is C19H25ClN4. The van der Waals surface area contributed by atoms with Crippen LogP contribution in [-0.2, 0) is 0 Å². The van der Waals surface area contributed by atoms with Gasteiger partial charge in [0.1, 0.15) is 5.82 Å².